The van der Waals surface area contributed by atoms with E-state index in [-0.39, 0.29) is 0 Å². The Bertz CT molecular complexity index is 2950. The third-order valence-corrected chi connectivity index (χ3v) is 9.86. The number of hydrogen-bond acceptors (Lipinski definition) is 4. The van der Waals surface area contributed by atoms with Crippen molar-refractivity contribution in [3.05, 3.63) is 175 Å². The molecule has 0 unspecified atom stereocenters. The Kier molecular flexibility index (Phi) is 6.80. The molecular weight excluding hydrogens is 637 g/mol. The quantitative estimate of drug-likeness (QED) is 0.184. The molecule has 3 aromatic heterocycles. The van der Waals surface area contributed by atoms with E-state index in [2.05, 4.69) is 102 Å². The van der Waals surface area contributed by atoms with Gasteiger partial charge in [-0.2, -0.15) is 5.26 Å². The number of hydrogen-bond donors (Lipinski definition) is 0. The molecule has 0 fully saturated rings. The van der Waals surface area contributed by atoms with Crippen LogP contribution in [-0.2, 0) is 0 Å². The van der Waals surface area contributed by atoms with E-state index in [4.69, 9.17) is 14.4 Å². The van der Waals surface area contributed by atoms with Crippen molar-refractivity contribution < 1.29 is 4.42 Å². The van der Waals surface area contributed by atoms with Crippen LogP contribution in [0.5, 0.6) is 0 Å². The SMILES string of the molecule is N#Cc1c(-c2ccccc2)nc(-c2ccc3c(c2)c2cc(-c4ccc5oc6ccccc6c5c4)ccc2n3-c2ccccc2)nc1-c1ccccc1. The van der Waals surface area contributed by atoms with Crippen molar-refractivity contribution in [2.24, 2.45) is 0 Å². The van der Waals surface area contributed by atoms with E-state index in [1.165, 1.54) is 0 Å². The second-order valence-corrected chi connectivity index (χ2v) is 12.9. The molecule has 5 heteroatoms. The van der Waals surface area contributed by atoms with Crippen molar-refractivity contribution in [3.63, 3.8) is 0 Å². The maximum absolute atomic E-state index is 10.4. The predicted molar refractivity (Wildman–Crippen MR) is 210 cm³/mol. The van der Waals surface area contributed by atoms with Crippen LogP contribution in [-0.4, -0.2) is 14.5 Å². The number of rotatable bonds is 5. The zero-order chi connectivity index (χ0) is 34.6. The molecule has 7 aromatic carbocycles. The molecule has 10 rings (SSSR count). The van der Waals surface area contributed by atoms with Crippen LogP contribution in [0.3, 0.4) is 0 Å². The van der Waals surface area contributed by atoms with E-state index in [9.17, 15) is 5.26 Å². The van der Waals surface area contributed by atoms with Gasteiger partial charge in [0.25, 0.3) is 0 Å². The number of para-hydroxylation sites is 2. The molecule has 0 aliphatic rings. The zero-order valence-corrected chi connectivity index (χ0v) is 27.9. The third-order valence-electron chi connectivity index (χ3n) is 9.86. The van der Waals surface area contributed by atoms with Crippen molar-refractivity contribution >= 4 is 43.7 Å². The lowest BCUT2D eigenvalue weighted by Crippen LogP contribution is -2.01. The van der Waals surface area contributed by atoms with Gasteiger partial charge in [0.15, 0.2) is 5.82 Å². The standard InChI is InChI=1S/C47H28N4O/c48-29-40-45(30-12-4-1-5-13-30)49-47(50-46(40)31-14-6-2-7-15-31)34-21-24-42-38(28-34)37-26-32(20-23-41(37)51(42)35-16-8-3-9-17-35)33-22-25-44-39(27-33)36-18-10-11-19-43(36)52-44/h1-28H. The molecule has 0 radical (unpaired) electrons. The van der Waals surface area contributed by atoms with Gasteiger partial charge in [-0.15, -0.1) is 0 Å². The Hall–Kier alpha value is -7.29. The molecule has 3 heterocycles. The van der Waals surface area contributed by atoms with Crippen LogP contribution in [0.1, 0.15) is 5.56 Å². The number of nitrogens with zero attached hydrogens (tertiary/aromatic N) is 4. The summed E-state index contributed by atoms with van der Waals surface area (Å²) in [5.41, 5.74) is 11.6. The lowest BCUT2D eigenvalue weighted by Gasteiger charge is -2.12. The van der Waals surface area contributed by atoms with Gasteiger partial charge in [-0.25, -0.2) is 9.97 Å². The maximum atomic E-state index is 10.4. The number of fused-ring (bicyclic) bond motifs is 6. The summed E-state index contributed by atoms with van der Waals surface area (Å²) in [5.74, 6) is 0.563. The molecule has 0 saturated heterocycles. The van der Waals surface area contributed by atoms with Crippen LogP contribution in [0.4, 0.5) is 0 Å². The Balaban J connectivity index is 1.21. The molecular formula is C47H28N4O. The van der Waals surface area contributed by atoms with Crippen molar-refractivity contribution in [1.82, 2.24) is 14.5 Å². The Morgan fingerprint density at radius 1 is 0.442 bits per heavy atom. The third kappa shape index (κ3) is 4.78. The molecule has 52 heavy (non-hydrogen) atoms. The lowest BCUT2D eigenvalue weighted by atomic mass is 9.99. The summed E-state index contributed by atoms with van der Waals surface area (Å²) in [6, 6.07) is 60.4. The fourth-order valence-electron chi connectivity index (χ4n) is 7.41. The fraction of sp³-hybridized carbons (Fsp3) is 0. The van der Waals surface area contributed by atoms with Gasteiger partial charge in [0.1, 0.15) is 22.8 Å². The van der Waals surface area contributed by atoms with Gasteiger partial charge in [-0.3, -0.25) is 0 Å². The van der Waals surface area contributed by atoms with Gasteiger partial charge in [0, 0.05) is 43.9 Å². The summed E-state index contributed by atoms with van der Waals surface area (Å²) in [6.45, 7) is 0. The topological polar surface area (TPSA) is 67.6 Å². The van der Waals surface area contributed by atoms with E-state index in [0.717, 1.165) is 77.2 Å². The van der Waals surface area contributed by atoms with Crippen LogP contribution >= 0.6 is 0 Å². The highest BCUT2D eigenvalue weighted by Crippen LogP contribution is 2.39. The number of nitriles is 1. The molecule has 0 aliphatic carbocycles. The van der Waals surface area contributed by atoms with Crippen LogP contribution in [0.25, 0.3) is 94.5 Å². The van der Waals surface area contributed by atoms with E-state index in [0.29, 0.717) is 22.8 Å². The first-order chi connectivity index (χ1) is 25.7. The molecule has 5 nitrogen and oxygen atoms in total. The smallest absolute Gasteiger partial charge is 0.160 e. The minimum atomic E-state index is 0.454. The predicted octanol–water partition coefficient (Wildman–Crippen LogP) is 12.0. The number of furan rings is 1. The van der Waals surface area contributed by atoms with E-state index >= 15 is 0 Å². The fourth-order valence-corrected chi connectivity index (χ4v) is 7.41. The highest BCUT2D eigenvalue weighted by atomic mass is 16.3. The highest BCUT2D eigenvalue weighted by molar-refractivity contribution is 6.12. The maximum Gasteiger partial charge on any atom is 0.160 e. The minimum absolute atomic E-state index is 0.454. The first-order valence-electron chi connectivity index (χ1n) is 17.2. The lowest BCUT2D eigenvalue weighted by molar-refractivity contribution is 0.669. The van der Waals surface area contributed by atoms with Gasteiger partial charge in [0.05, 0.1) is 22.4 Å². The van der Waals surface area contributed by atoms with Gasteiger partial charge >= 0.3 is 0 Å². The summed E-state index contributed by atoms with van der Waals surface area (Å²) >= 11 is 0. The molecule has 0 N–H and O–H groups in total. The van der Waals surface area contributed by atoms with Crippen LogP contribution in [0, 0.1) is 11.3 Å². The Morgan fingerprint density at radius 3 is 1.58 bits per heavy atom. The van der Waals surface area contributed by atoms with Gasteiger partial charge in [-0.05, 0) is 71.8 Å². The van der Waals surface area contributed by atoms with Crippen molar-refractivity contribution in [2.45, 2.75) is 0 Å². The molecule has 0 amide bonds. The second-order valence-electron chi connectivity index (χ2n) is 12.9. The highest BCUT2D eigenvalue weighted by Gasteiger charge is 2.20. The van der Waals surface area contributed by atoms with Crippen LogP contribution in [0.2, 0.25) is 0 Å². The number of aromatic nitrogens is 3. The largest absolute Gasteiger partial charge is 0.456 e. The molecule has 10 aromatic rings. The molecule has 242 valence electrons. The van der Waals surface area contributed by atoms with E-state index in [1.54, 1.807) is 0 Å². The summed E-state index contributed by atoms with van der Waals surface area (Å²) in [7, 11) is 0. The summed E-state index contributed by atoms with van der Waals surface area (Å²) in [4.78, 5) is 10.2. The minimum Gasteiger partial charge on any atom is -0.456 e. The first kappa shape index (κ1) is 29.6. The van der Waals surface area contributed by atoms with Gasteiger partial charge < -0.3 is 8.98 Å². The average molecular weight is 665 g/mol. The Morgan fingerprint density at radius 2 is 0.942 bits per heavy atom. The van der Waals surface area contributed by atoms with E-state index in [1.807, 2.05) is 78.9 Å². The molecule has 0 bridgehead atoms. The van der Waals surface area contributed by atoms with Crippen molar-refractivity contribution in [1.29, 1.82) is 5.26 Å². The molecule has 0 saturated carbocycles. The molecule has 0 spiro atoms. The average Bonchev–Trinajstić information content (AvgIpc) is 3.76. The second kappa shape index (κ2) is 11.9. The normalized spacial score (nSPS) is 11.4. The first-order valence-corrected chi connectivity index (χ1v) is 17.2. The van der Waals surface area contributed by atoms with Crippen molar-refractivity contribution in [2.75, 3.05) is 0 Å². The van der Waals surface area contributed by atoms with Gasteiger partial charge in [0.2, 0.25) is 0 Å². The number of benzene rings is 7. The molecule has 0 atom stereocenters. The van der Waals surface area contributed by atoms with Crippen LogP contribution < -0.4 is 0 Å². The Labute approximate surface area is 299 Å². The monoisotopic (exact) mass is 664 g/mol. The zero-order valence-electron chi connectivity index (χ0n) is 27.9. The molecule has 0 aliphatic heterocycles. The summed E-state index contributed by atoms with van der Waals surface area (Å²) in [5, 5.41) is 14.9. The summed E-state index contributed by atoms with van der Waals surface area (Å²) in [6.07, 6.45) is 0. The van der Waals surface area contributed by atoms with Crippen LogP contribution in [0.15, 0.2) is 174 Å². The van der Waals surface area contributed by atoms with Gasteiger partial charge in [-0.1, -0.05) is 109 Å². The van der Waals surface area contributed by atoms with Crippen molar-refractivity contribution in [3.8, 4) is 56.8 Å². The summed E-state index contributed by atoms with van der Waals surface area (Å²) < 4.78 is 8.45. The van der Waals surface area contributed by atoms with E-state index < -0.39 is 0 Å².